The minimum Gasteiger partial charge on any atom is -0.342 e. The normalized spacial score (nSPS) is 15.2. The van der Waals surface area contributed by atoms with Gasteiger partial charge in [-0.05, 0) is 17.7 Å². The summed E-state index contributed by atoms with van der Waals surface area (Å²) >= 11 is 0. The first-order valence-electron chi connectivity index (χ1n) is 6.61. The number of amides is 2. The third kappa shape index (κ3) is 4.03. The van der Waals surface area contributed by atoms with E-state index in [1.54, 1.807) is 21.9 Å². The second-order valence-electron chi connectivity index (χ2n) is 4.75. The fraction of sp³-hybridized carbons (Fsp3) is 0.429. The van der Waals surface area contributed by atoms with Crippen molar-refractivity contribution in [1.29, 1.82) is 0 Å². The largest absolute Gasteiger partial charge is 0.342 e. The Labute approximate surface area is 117 Å². The molecule has 0 aliphatic carbocycles. The Balaban J connectivity index is 1.70. The lowest BCUT2D eigenvalue weighted by Crippen LogP contribution is -2.50. The molecule has 0 spiro atoms. The number of hydrogen-bond acceptors (Lipinski definition) is 3. The van der Waals surface area contributed by atoms with Gasteiger partial charge in [-0.1, -0.05) is 12.1 Å². The van der Waals surface area contributed by atoms with Gasteiger partial charge in [0, 0.05) is 32.7 Å². The quantitative estimate of drug-likeness (QED) is 0.784. The van der Waals surface area contributed by atoms with E-state index < -0.39 is 0 Å². The molecule has 5 nitrogen and oxygen atoms in total. The molecule has 1 aromatic carbocycles. The summed E-state index contributed by atoms with van der Waals surface area (Å²) in [6.45, 7) is 3.12. The van der Waals surface area contributed by atoms with Crippen molar-refractivity contribution in [3.8, 4) is 0 Å². The third-order valence-electron chi connectivity index (χ3n) is 3.33. The summed E-state index contributed by atoms with van der Waals surface area (Å²) in [6, 6.07) is 6.18. The fourth-order valence-electron chi connectivity index (χ4n) is 2.10. The lowest BCUT2D eigenvalue weighted by Gasteiger charge is -2.32. The van der Waals surface area contributed by atoms with Gasteiger partial charge >= 0.3 is 0 Å². The highest BCUT2D eigenvalue weighted by molar-refractivity contribution is 5.78. The molecule has 0 unspecified atom stereocenters. The van der Waals surface area contributed by atoms with E-state index in [1.807, 2.05) is 0 Å². The molecule has 20 heavy (non-hydrogen) atoms. The molecule has 0 atom stereocenters. The number of halogens is 1. The molecule has 0 radical (unpaired) electrons. The molecule has 1 N–H and O–H groups in total. The molecule has 0 saturated carbocycles. The molecule has 1 aliphatic heterocycles. The molecule has 1 aliphatic rings. The van der Waals surface area contributed by atoms with Crippen molar-refractivity contribution < 1.29 is 14.0 Å². The Bertz CT molecular complexity index is 456. The Morgan fingerprint density at radius 2 is 1.85 bits per heavy atom. The molecular formula is C14H18FN3O2. The topological polar surface area (TPSA) is 52.7 Å². The van der Waals surface area contributed by atoms with Crippen molar-refractivity contribution in [3.63, 3.8) is 0 Å². The minimum absolute atomic E-state index is 0.0256. The summed E-state index contributed by atoms with van der Waals surface area (Å²) in [7, 11) is 0. The molecule has 1 fully saturated rings. The van der Waals surface area contributed by atoms with Crippen molar-refractivity contribution >= 4 is 12.3 Å². The van der Waals surface area contributed by atoms with Crippen LogP contribution in [0, 0.1) is 5.82 Å². The van der Waals surface area contributed by atoms with Gasteiger partial charge in [0.05, 0.1) is 6.54 Å². The van der Waals surface area contributed by atoms with Gasteiger partial charge in [0.25, 0.3) is 0 Å². The average molecular weight is 279 g/mol. The van der Waals surface area contributed by atoms with Crippen LogP contribution in [0.2, 0.25) is 0 Å². The van der Waals surface area contributed by atoms with Crippen LogP contribution in [0.4, 0.5) is 4.39 Å². The molecule has 2 rings (SSSR count). The lowest BCUT2D eigenvalue weighted by atomic mass is 10.2. The fourth-order valence-corrected chi connectivity index (χ4v) is 2.10. The highest BCUT2D eigenvalue weighted by Crippen LogP contribution is 2.03. The molecule has 6 heteroatoms. The van der Waals surface area contributed by atoms with Crippen molar-refractivity contribution in [2.75, 3.05) is 32.7 Å². The number of piperazine rings is 1. The van der Waals surface area contributed by atoms with E-state index in [1.165, 1.54) is 12.1 Å². The number of carbonyl (C=O) groups is 2. The Hall–Kier alpha value is -1.95. The van der Waals surface area contributed by atoms with E-state index in [-0.39, 0.29) is 18.3 Å². The van der Waals surface area contributed by atoms with E-state index in [4.69, 9.17) is 0 Å². The van der Waals surface area contributed by atoms with Crippen LogP contribution in [0.15, 0.2) is 24.3 Å². The van der Waals surface area contributed by atoms with Crippen molar-refractivity contribution in [3.05, 3.63) is 35.6 Å². The third-order valence-corrected chi connectivity index (χ3v) is 3.33. The highest BCUT2D eigenvalue weighted by Gasteiger charge is 2.19. The summed E-state index contributed by atoms with van der Waals surface area (Å²) in [6.07, 6.45) is 0.814. The van der Waals surface area contributed by atoms with Crippen LogP contribution in [0.5, 0.6) is 0 Å². The van der Waals surface area contributed by atoms with Crippen LogP contribution in [-0.4, -0.2) is 54.8 Å². The van der Waals surface area contributed by atoms with Crippen LogP contribution >= 0.6 is 0 Å². The van der Waals surface area contributed by atoms with Gasteiger partial charge in [-0.3, -0.25) is 9.59 Å². The zero-order chi connectivity index (χ0) is 14.4. The Kier molecular flexibility index (Phi) is 5.06. The van der Waals surface area contributed by atoms with Crippen LogP contribution in [0.1, 0.15) is 5.56 Å². The van der Waals surface area contributed by atoms with Crippen LogP contribution < -0.4 is 5.32 Å². The number of carbonyl (C=O) groups excluding carboxylic acids is 2. The van der Waals surface area contributed by atoms with E-state index in [2.05, 4.69) is 5.32 Å². The maximum atomic E-state index is 12.7. The summed E-state index contributed by atoms with van der Waals surface area (Å²) in [5.41, 5.74) is 0.935. The monoisotopic (exact) mass is 279 g/mol. The van der Waals surface area contributed by atoms with Crippen LogP contribution in [0.25, 0.3) is 0 Å². The smallest absolute Gasteiger partial charge is 0.236 e. The van der Waals surface area contributed by atoms with E-state index in [9.17, 15) is 14.0 Å². The molecular weight excluding hydrogens is 261 g/mol. The van der Waals surface area contributed by atoms with Gasteiger partial charge < -0.3 is 15.1 Å². The van der Waals surface area contributed by atoms with E-state index >= 15 is 0 Å². The number of rotatable bonds is 5. The number of nitrogens with one attached hydrogen (secondary N) is 1. The Morgan fingerprint density at radius 1 is 1.20 bits per heavy atom. The van der Waals surface area contributed by atoms with E-state index in [0.29, 0.717) is 32.7 Å². The maximum Gasteiger partial charge on any atom is 0.236 e. The molecule has 2 amide bonds. The van der Waals surface area contributed by atoms with Crippen LogP contribution in [0.3, 0.4) is 0 Å². The second kappa shape index (κ2) is 7.00. The lowest BCUT2D eigenvalue weighted by molar-refractivity contribution is -0.134. The average Bonchev–Trinajstić information content (AvgIpc) is 2.49. The van der Waals surface area contributed by atoms with Gasteiger partial charge in [-0.2, -0.15) is 0 Å². The molecule has 108 valence electrons. The Morgan fingerprint density at radius 3 is 2.45 bits per heavy atom. The molecule has 0 bridgehead atoms. The summed E-state index contributed by atoms with van der Waals surface area (Å²) in [4.78, 5) is 25.9. The minimum atomic E-state index is -0.266. The second-order valence-corrected chi connectivity index (χ2v) is 4.75. The maximum absolute atomic E-state index is 12.7. The van der Waals surface area contributed by atoms with Gasteiger partial charge in [0.1, 0.15) is 5.82 Å². The van der Waals surface area contributed by atoms with Gasteiger partial charge in [0.2, 0.25) is 12.3 Å². The standard InChI is InChI=1S/C14H18FN3O2/c15-13-3-1-12(2-4-13)9-16-10-14(20)18-7-5-17(11-19)6-8-18/h1-4,11,16H,5-10H2. The first-order chi connectivity index (χ1) is 9.69. The molecule has 1 aromatic rings. The van der Waals surface area contributed by atoms with Gasteiger partial charge in [-0.25, -0.2) is 4.39 Å². The first-order valence-corrected chi connectivity index (χ1v) is 6.61. The van der Waals surface area contributed by atoms with Crippen molar-refractivity contribution in [1.82, 2.24) is 15.1 Å². The van der Waals surface area contributed by atoms with Gasteiger partial charge in [-0.15, -0.1) is 0 Å². The molecule has 0 aromatic heterocycles. The predicted molar refractivity (Wildman–Crippen MR) is 72.3 cm³/mol. The molecule has 1 saturated heterocycles. The summed E-state index contributed by atoms with van der Waals surface area (Å²) in [5.74, 6) is -0.240. The predicted octanol–water partition coefficient (Wildman–Crippen LogP) is 0.216. The number of nitrogens with zero attached hydrogens (tertiary/aromatic N) is 2. The molecule has 1 heterocycles. The first kappa shape index (κ1) is 14.5. The van der Waals surface area contributed by atoms with Gasteiger partial charge in [0.15, 0.2) is 0 Å². The number of hydrogen-bond donors (Lipinski definition) is 1. The highest BCUT2D eigenvalue weighted by atomic mass is 19.1. The zero-order valence-electron chi connectivity index (χ0n) is 11.2. The number of benzene rings is 1. The zero-order valence-corrected chi connectivity index (χ0v) is 11.2. The van der Waals surface area contributed by atoms with Crippen LogP contribution in [-0.2, 0) is 16.1 Å². The summed E-state index contributed by atoms with van der Waals surface area (Å²) < 4.78 is 12.7. The summed E-state index contributed by atoms with van der Waals surface area (Å²) in [5, 5.41) is 3.05. The van der Waals surface area contributed by atoms with E-state index in [0.717, 1.165) is 12.0 Å². The SMILES string of the molecule is O=CN1CCN(C(=O)CNCc2ccc(F)cc2)CC1. The van der Waals surface area contributed by atoms with Crippen molar-refractivity contribution in [2.45, 2.75) is 6.54 Å². The van der Waals surface area contributed by atoms with Crippen molar-refractivity contribution in [2.24, 2.45) is 0 Å².